The number of hydroxylamine groups is 1. The zero-order chi connectivity index (χ0) is 25.6. The Hall–Kier alpha value is -3.19. The Labute approximate surface area is 202 Å². The minimum Gasteiger partial charge on any atom is -0.481 e. The lowest BCUT2D eigenvalue weighted by Gasteiger charge is -2.23. The average Bonchev–Trinajstić information content (AvgIpc) is 2.83. The molecule has 0 heterocycles. The van der Waals surface area contributed by atoms with Crippen LogP contribution in [0.4, 0.5) is 5.69 Å². The van der Waals surface area contributed by atoms with E-state index in [9.17, 15) is 14.4 Å². The molecule has 0 unspecified atom stereocenters. The predicted molar refractivity (Wildman–Crippen MR) is 134 cm³/mol. The van der Waals surface area contributed by atoms with E-state index in [0.29, 0.717) is 11.3 Å². The second-order valence-corrected chi connectivity index (χ2v) is 8.95. The quantitative estimate of drug-likeness (QED) is 0.249. The van der Waals surface area contributed by atoms with Gasteiger partial charge in [0, 0.05) is 16.7 Å². The van der Waals surface area contributed by atoms with E-state index in [-0.39, 0.29) is 11.8 Å². The number of nitrogens with one attached hydrogen (secondary N) is 2. The van der Waals surface area contributed by atoms with Gasteiger partial charge in [-0.05, 0) is 55.5 Å². The van der Waals surface area contributed by atoms with Crippen LogP contribution >= 0.6 is 0 Å². The smallest absolute Gasteiger partial charge is 0.306 e. The topological polar surface area (TPSA) is 116 Å². The molecule has 0 saturated heterocycles. The summed E-state index contributed by atoms with van der Waals surface area (Å²) in [6.45, 7) is 7.87. The number of benzene rings is 2. The Morgan fingerprint density at radius 1 is 0.912 bits per heavy atom. The van der Waals surface area contributed by atoms with Crippen molar-refractivity contribution in [3.8, 4) is 0 Å². The molecule has 0 spiro atoms. The van der Waals surface area contributed by atoms with Gasteiger partial charge in [0.15, 0.2) is 0 Å². The van der Waals surface area contributed by atoms with E-state index in [0.717, 1.165) is 38.5 Å². The number of hydrogen-bond acceptors (Lipinski definition) is 4. The van der Waals surface area contributed by atoms with E-state index in [2.05, 4.69) is 17.4 Å². The first-order valence-electron chi connectivity index (χ1n) is 11.8. The Kier molecular flexibility index (Phi) is 12.6. The van der Waals surface area contributed by atoms with Crippen LogP contribution in [0.1, 0.15) is 75.7 Å². The molecule has 0 aliphatic rings. The molecule has 2 aromatic rings. The van der Waals surface area contributed by atoms with Crippen molar-refractivity contribution < 1.29 is 24.7 Å². The normalized spacial score (nSPS) is 10.8. The van der Waals surface area contributed by atoms with Crippen molar-refractivity contribution in [3.63, 3.8) is 0 Å². The van der Waals surface area contributed by atoms with Gasteiger partial charge >= 0.3 is 5.97 Å². The van der Waals surface area contributed by atoms with E-state index < -0.39 is 17.3 Å². The largest absolute Gasteiger partial charge is 0.481 e. The summed E-state index contributed by atoms with van der Waals surface area (Å²) in [5.74, 6) is -1.40. The first-order valence-corrected chi connectivity index (χ1v) is 11.8. The summed E-state index contributed by atoms with van der Waals surface area (Å²) in [6, 6.07) is 16.4. The maximum Gasteiger partial charge on any atom is 0.306 e. The first-order chi connectivity index (χ1) is 16.1. The van der Waals surface area contributed by atoms with Gasteiger partial charge in [0.1, 0.15) is 0 Å². The zero-order valence-electron chi connectivity index (χ0n) is 20.6. The van der Waals surface area contributed by atoms with Gasteiger partial charge in [-0.2, -0.15) is 0 Å². The Morgan fingerprint density at radius 3 is 1.94 bits per heavy atom. The molecule has 186 valence electrons. The highest BCUT2D eigenvalue weighted by molar-refractivity contribution is 5.96. The summed E-state index contributed by atoms with van der Waals surface area (Å²) in [7, 11) is 0. The van der Waals surface area contributed by atoms with Crippen LogP contribution < -0.4 is 10.8 Å². The number of carboxylic acid groups (broad SMARTS) is 1. The van der Waals surface area contributed by atoms with E-state index >= 15 is 0 Å². The number of carboxylic acids is 1. The van der Waals surface area contributed by atoms with Crippen LogP contribution in [0.5, 0.6) is 0 Å². The lowest BCUT2D eigenvalue weighted by molar-refractivity contribution is -0.142. The van der Waals surface area contributed by atoms with Gasteiger partial charge in [0.05, 0.1) is 5.92 Å². The van der Waals surface area contributed by atoms with Crippen LogP contribution in [0.3, 0.4) is 0 Å². The molecule has 0 bridgehead atoms. The number of hydrogen-bond donors (Lipinski definition) is 4. The lowest BCUT2D eigenvalue weighted by Crippen LogP contribution is -2.31. The highest BCUT2D eigenvalue weighted by atomic mass is 16.5. The Balaban J connectivity index is 0.000000489. The second-order valence-electron chi connectivity index (χ2n) is 8.95. The fourth-order valence-corrected chi connectivity index (χ4v) is 3.37. The maximum absolute atomic E-state index is 12.5. The molecular formula is C27H38N2O5. The van der Waals surface area contributed by atoms with Gasteiger partial charge in [-0.3, -0.25) is 19.6 Å². The van der Waals surface area contributed by atoms with Gasteiger partial charge < -0.3 is 10.4 Å². The van der Waals surface area contributed by atoms with E-state index in [1.807, 2.05) is 45.9 Å². The van der Waals surface area contributed by atoms with Crippen molar-refractivity contribution in [2.24, 2.45) is 11.3 Å². The molecular weight excluding hydrogens is 432 g/mol. The molecule has 0 radical (unpaired) electrons. The molecule has 2 amide bonds. The van der Waals surface area contributed by atoms with E-state index in [4.69, 9.17) is 10.3 Å². The Morgan fingerprint density at radius 2 is 1.47 bits per heavy atom. The number of carbonyl (C=O) groups is 3. The molecule has 0 atom stereocenters. The predicted octanol–water partition coefficient (Wildman–Crippen LogP) is 5.69. The minimum absolute atomic E-state index is 0.0715. The molecule has 0 saturated carbocycles. The third kappa shape index (κ3) is 10.2. The van der Waals surface area contributed by atoms with Crippen LogP contribution in [0.15, 0.2) is 54.6 Å². The van der Waals surface area contributed by atoms with E-state index in [1.54, 1.807) is 17.6 Å². The third-order valence-electron chi connectivity index (χ3n) is 5.63. The molecule has 2 rings (SSSR count). The highest BCUT2D eigenvalue weighted by Crippen LogP contribution is 2.25. The van der Waals surface area contributed by atoms with Crippen molar-refractivity contribution in [3.05, 3.63) is 65.7 Å². The summed E-state index contributed by atoms with van der Waals surface area (Å²) in [4.78, 5) is 34.3. The first kappa shape index (κ1) is 28.8. The van der Waals surface area contributed by atoms with E-state index in [1.165, 1.54) is 17.7 Å². The van der Waals surface area contributed by atoms with Gasteiger partial charge in [-0.25, -0.2) is 5.48 Å². The molecule has 7 heteroatoms. The van der Waals surface area contributed by atoms with Crippen molar-refractivity contribution >= 4 is 23.5 Å². The lowest BCUT2D eigenvalue weighted by atomic mass is 9.85. The van der Waals surface area contributed by atoms with Crippen LogP contribution in [0, 0.1) is 11.3 Å². The van der Waals surface area contributed by atoms with Gasteiger partial charge in [-0.15, -0.1) is 0 Å². The summed E-state index contributed by atoms with van der Waals surface area (Å²) >= 11 is 0. The number of aryl methyl sites for hydroxylation is 1. The summed E-state index contributed by atoms with van der Waals surface area (Å²) in [5.41, 5.74) is 3.19. The average molecular weight is 471 g/mol. The molecule has 34 heavy (non-hydrogen) atoms. The van der Waals surface area contributed by atoms with Crippen molar-refractivity contribution in [1.29, 1.82) is 0 Å². The monoisotopic (exact) mass is 470 g/mol. The molecule has 2 aromatic carbocycles. The van der Waals surface area contributed by atoms with Crippen molar-refractivity contribution in [1.82, 2.24) is 5.48 Å². The molecule has 0 aliphatic carbocycles. The van der Waals surface area contributed by atoms with Crippen molar-refractivity contribution in [2.45, 2.75) is 66.2 Å². The standard InChI is InChI=1S/C19H22N2O3.C8H16O2/c1-19(2,13-12-14-6-4-3-5-7-14)18(23)20-16-10-8-15(9-11-16)17(22)21-24;1-3-5-7(6-4-2)8(9)10/h3-11,24H,12-13H2,1-2H3,(H,20,23)(H,21,22);7H,3-6H2,1-2H3,(H,9,10). The molecule has 7 nitrogen and oxygen atoms in total. The van der Waals surface area contributed by atoms with Crippen LogP contribution in [-0.4, -0.2) is 28.1 Å². The summed E-state index contributed by atoms with van der Waals surface area (Å²) < 4.78 is 0. The number of aliphatic carboxylic acids is 1. The Bertz CT molecular complexity index is 889. The number of carbonyl (C=O) groups excluding carboxylic acids is 2. The zero-order valence-corrected chi connectivity index (χ0v) is 20.6. The fourth-order valence-electron chi connectivity index (χ4n) is 3.37. The van der Waals surface area contributed by atoms with Crippen LogP contribution in [0.2, 0.25) is 0 Å². The molecule has 0 fully saturated rings. The number of amides is 2. The third-order valence-corrected chi connectivity index (χ3v) is 5.63. The maximum atomic E-state index is 12.5. The highest BCUT2D eigenvalue weighted by Gasteiger charge is 2.27. The van der Waals surface area contributed by atoms with Gasteiger partial charge in [-0.1, -0.05) is 70.9 Å². The summed E-state index contributed by atoms with van der Waals surface area (Å²) in [5, 5.41) is 20.1. The van der Waals surface area contributed by atoms with Gasteiger partial charge in [0.2, 0.25) is 5.91 Å². The SMILES string of the molecule is CC(C)(CCc1ccccc1)C(=O)Nc1ccc(C(=O)NO)cc1.CCCC(CCC)C(=O)O. The minimum atomic E-state index is -0.635. The molecule has 0 aliphatic heterocycles. The van der Waals surface area contributed by atoms with Crippen molar-refractivity contribution in [2.75, 3.05) is 5.32 Å². The van der Waals surface area contributed by atoms with Crippen LogP contribution in [0.25, 0.3) is 0 Å². The van der Waals surface area contributed by atoms with Crippen LogP contribution in [-0.2, 0) is 16.0 Å². The van der Waals surface area contributed by atoms with Gasteiger partial charge in [0.25, 0.3) is 5.91 Å². The fraction of sp³-hybridized carbons (Fsp3) is 0.444. The molecule has 0 aromatic heterocycles. The number of anilines is 1. The molecule has 4 N–H and O–H groups in total. The summed E-state index contributed by atoms with van der Waals surface area (Å²) in [6.07, 6.45) is 5.14. The number of rotatable bonds is 11. The second kappa shape index (κ2) is 14.9.